The van der Waals surface area contributed by atoms with Crippen molar-refractivity contribution < 1.29 is 14.2 Å². The minimum Gasteiger partial charge on any atom is -0.348 e. The van der Waals surface area contributed by atoms with Crippen molar-refractivity contribution in [2.45, 2.75) is 6.54 Å². The normalized spacial score (nSPS) is 11.8. The summed E-state index contributed by atoms with van der Waals surface area (Å²) in [6.45, 7) is -0.00804. The molecule has 0 aliphatic heterocycles. The third-order valence-corrected chi connectivity index (χ3v) is 3.29. The summed E-state index contributed by atoms with van der Waals surface area (Å²) in [6, 6.07) is 3.78. The molecule has 0 aliphatic carbocycles. The monoisotopic (exact) mass is 380 g/mol. The van der Waals surface area contributed by atoms with Gasteiger partial charge in [-0.3, -0.25) is 16.0 Å². The summed E-state index contributed by atoms with van der Waals surface area (Å²) in [5.74, 6) is -0.399. The van der Waals surface area contributed by atoms with Crippen LogP contribution in [0.1, 0.15) is 11.4 Å². The third-order valence-electron chi connectivity index (χ3n) is 3.00. The minimum absolute atomic E-state index is 0.00804. The molecule has 1 heterocycles. The maximum atomic E-state index is 13.2. The highest BCUT2D eigenvalue weighted by atomic mass is 35.5. The molecule has 0 saturated heterocycles. The number of nitriles is 1. The molecule has 0 bridgehead atoms. The van der Waals surface area contributed by atoms with Gasteiger partial charge in [0.15, 0.2) is 17.7 Å². The predicted octanol–water partition coefficient (Wildman–Crippen LogP) is 1.41. The molecule has 2 rings (SSSR count). The zero-order valence-corrected chi connectivity index (χ0v) is 14.5. The molecule has 3 N–H and O–H groups in total. The topological polar surface area (TPSA) is 135 Å². The highest BCUT2D eigenvalue weighted by Crippen LogP contribution is 2.22. The number of guanidine groups is 1. The lowest BCUT2D eigenvalue weighted by Crippen LogP contribution is -2.33. The highest BCUT2D eigenvalue weighted by Gasteiger charge is 2.17. The molecule has 26 heavy (non-hydrogen) atoms. The summed E-state index contributed by atoms with van der Waals surface area (Å²) in [4.78, 5) is 9.87. The van der Waals surface area contributed by atoms with Gasteiger partial charge in [0.25, 0.3) is 0 Å². The molecular weight excluding hydrogens is 367 g/mol. The summed E-state index contributed by atoms with van der Waals surface area (Å²) < 4.78 is 17.9. The van der Waals surface area contributed by atoms with Crippen LogP contribution < -0.4 is 10.8 Å². The Morgan fingerprint density at radius 1 is 1.46 bits per heavy atom. The fourth-order valence-electron chi connectivity index (χ4n) is 1.80. The van der Waals surface area contributed by atoms with Gasteiger partial charge >= 0.3 is 0 Å². The summed E-state index contributed by atoms with van der Waals surface area (Å²) in [5, 5.41) is 27.8. The Balaban J connectivity index is 2.32. The molecule has 136 valence electrons. The van der Waals surface area contributed by atoms with E-state index in [-0.39, 0.29) is 34.5 Å². The molecular formula is C14H14ClFN8O2. The average Bonchev–Trinajstić information content (AvgIpc) is 3.07. The number of aliphatic imine (C=N–C) groups is 2. The Kier molecular flexibility index (Phi) is 6.42. The first-order valence-electron chi connectivity index (χ1n) is 7.08. The fraction of sp³-hybridized carbons (Fsp3) is 0.214. The first-order chi connectivity index (χ1) is 12.5. The van der Waals surface area contributed by atoms with E-state index in [2.05, 4.69) is 30.2 Å². The maximum Gasteiger partial charge on any atom is 0.207 e. The molecule has 1 aromatic heterocycles. The van der Waals surface area contributed by atoms with Gasteiger partial charge in [0.1, 0.15) is 11.5 Å². The molecule has 0 amide bonds. The molecule has 10 nitrogen and oxygen atoms in total. The largest absolute Gasteiger partial charge is 0.348 e. The van der Waals surface area contributed by atoms with E-state index in [0.717, 1.165) is 6.07 Å². The number of rotatable bonds is 4. The number of hydrogen-bond donors (Lipinski definition) is 3. The van der Waals surface area contributed by atoms with Crippen molar-refractivity contribution in [3.05, 3.63) is 40.4 Å². The number of aromatic nitrogens is 2. The minimum atomic E-state index is -0.594. The Bertz CT molecular complexity index is 874. The lowest BCUT2D eigenvalue weighted by atomic mass is 10.3. The van der Waals surface area contributed by atoms with Crippen LogP contribution in [0.4, 0.5) is 10.1 Å². The van der Waals surface area contributed by atoms with Crippen LogP contribution in [0.2, 0.25) is 5.02 Å². The summed E-state index contributed by atoms with van der Waals surface area (Å²) in [6.07, 6.45) is 1.77. The molecule has 0 spiro atoms. The zero-order valence-electron chi connectivity index (χ0n) is 13.7. The molecule has 0 aliphatic rings. The maximum absolute atomic E-state index is 13.2. The number of nitrogens with zero attached hydrogens (tertiary/aromatic N) is 6. The number of hydrogen-bond acceptors (Lipinski definition) is 7. The van der Waals surface area contributed by atoms with Gasteiger partial charge in [0, 0.05) is 14.1 Å². The van der Waals surface area contributed by atoms with Crippen molar-refractivity contribution in [3.8, 4) is 6.19 Å². The van der Waals surface area contributed by atoms with Crippen LogP contribution in [0, 0.1) is 17.3 Å². The second-order valence-corrected chi connectivity index (χ2v) is 5.41. The second-order valence-electron chi connectivity index (χ2n) is 5.00. The van der Waals surface area contributed by atoms with Crippen LogP contribution in [0.3, 0.4) is 0 Å². The van der Waals surface area contributed by atoms with E-state index < -0.39 is 5.82 Å². The van der Waals surface area contributed by atoms with Crippen molar-refractivity contribution in [2.24, 2.45) is 9.98 Å². The van der Waals surface area contributed by atoms with E-state index in [9.17, 15) is 9.60 Å². The number of nitrogens with one attached hydrogen (secondary N) is 2. The molecule has 0 saturated carbocycles. The van der Waals surface area contributed by atoms with Crippen molar-refractivity contribution >= 4 is 29.1 Å². The first-order valence-corrected chi connectivity index (χ1v) is 7.46. The summed E-state index contributed by atoms with van der Waals surface area (Å²) in [7, 11) is 3.40. The Hall–Kier alpha value is -3.23. The molecule has 1 aromatic carbocycles. The average molecular weight is 381 g/mol. The van der Waals surface area contributed by atoms with Crippen LogP contribution in [0.5, 0.6) is 0 Å². The number of benzene rings is 1. The van der Waals surface area contributed by atoms with Gasteiger partial charge in [-0.1, -0.05) is 16.8 Å². The smallest absolute Gasteiger partial charge is 0.207 e. The third kappa shape index (κ3) is 4.65. The Morgan fingerprint density at radius 3 is 2.85 bits per heavy atom. The second kappa shape index (κ2) is 8.75. The Labute approximate surface area is 152 Å². The summed E-state index contributed by atoms with van der Waals surface area (Å²) in [5.41, 5.74) is 2.49. The zero-order chi connectivity index (χ0) is 19.1. The lowest BCUT2D eigenvalue weighted by molar-refractivity contribution is 0.234. The van der Waals surface area contributed by atoms with Crippen LogP contribution >= 0.6 is 11.6 Å². The Morgan fingerprint density at radius 2 is 2.23 bits per heavy atom. The fourth-order valence-corrected chi connectivity index (χ4v) is 1.97. The van der Waals surface area contributed by atoms with Gasteiger partial charge in [-0.25, -0.2) is 19.0 Å². The van der Waals surface area contributed by atoms with Crippen molar-refractivity contribution in [3.63, 3.8) is 0 Å². The highest BCUT2D eigenvalue weighted by molar-refractivity contribution is 6.31. The van der Waals surface area contributed by atoms with Crippen molar-refractivity contribution in [1.82, 2.24) is 26.0 Å². The lowest BCUT2D eigenvalue weighted by Gasteiger charge is -2.12. The van der Waals surface area contributed by atoms with E-state index in [4.69, 9.17) is 16.9 Å². The van der Waals surface area contributed by atoms with Crippen LogP contribution in [-0.2, 0) is 6.54 Å². The molecule has 0 unspecified atom stereocenters. The van der Waals surface area contributed by atoms with Crippen LogP contribution in [-0.4, -0.2) is 46.3 Å². The van der Waals surface area contributed by atoms with Gasteiger partial charge in [-0.2, -0.15) is 5.26 Å². The molecule has 2 aromatic rings. The standard InChI is InChI=1S/C14H14ClFN8O2/c1-24(2)14(19-7-17)18-6-11-12(23-26-22-11)13(21-25)20-8-3-4-10(16)9(15)5-8/h3-5,25H,6H2,1-2H3,(H,18,19)(H,20,21). The number of hydroxylamine groups is 1. The van der Waals surface area contributed by atoms with Crippen LogP contribution in [0.25, 0.3) is 0 Å². The van der Waals surface area contributed by atoms with Crippen molar-refractivity contribution in [2.75, 3.05) is 14.1 Å². The number of halogens is 2. The van der Waals surface area contributed by atoms with Gasteiger partial charge in [-0.05, 0) is 23.4 Å². The molecule has 0 fully saturated rings. The summed E-state index contributed by atoms with van der Waals surface area (Å²) >= 11 is 5.71. The SMILES string of the molecule is CN(C)C(=NCc1nonc1C(=Nc1ccc(F)c(Cl)c1)NO)NC#N. The quantitative estimate of drug-likeness (QED) is 0.238. The van der Waals surface area contributed by atoms with Gasteiger partial charge in [-0.15, -0.1) is 0 Å². The number of amidine groups is 1. The predicted molar refractivity (Wildman–Crippen MR) is 90.4 cm³/mol. The first kappa shape index (κ1) is 19.1. The van der Waals surface area contributed by atoms with E-state index in [1.54, 1.807) is 25.2 Å². The molecule has 12 heteroatoms. The van der Waals surface area contributed by atoms with Gasteiger partial charge < -0.3 is 4.90 Å². The van der Waals surface area contributed by atoms with E-state index >= 15 is 0 Å². The van der Waals surface area contributed by atoms with Gasteiger partial charge in [0.05, 0.1) is 17.3 Å². The van der Waals surface area contributed by atoms with E-state index in [0.29, 0.717) is 5.96 Å². The molecule has 0 atom stereocenters. The van der Waals surface area contributed by atoms with Crippen LogP contribution in [0.15, 0.2) is 32.8 Å². The van der Waals surface area contributed by atoms with Crippen molar-refractivity contribution in [1.29, 1.82) is 5.26 Å². The van der Waals surface area contributed by atoms with E-state index in [1.807, 2.05) is 5.48 Å². The van der Waals surface area contributed by atoms with Gasteiger partial charge in [0.2, 0.25) is 5.96 Å². The van der Waals surface area contributed by atoms with E-state index in [1.165, 1.54) is 12.1 Å². The molecule has 0 radical (unpaired) electrons.